The second-order valence-electron chi connectivity index (χ2n) is 6.17. The number of nitrogens with zero attached hydrogens (tertiary/aromatic N) is 3. The van der Waals surface area contributed by atoms with E-state index in [1.807, 2.05) is 20.9 Å². The predicted molar refractivity (Wildman–Crippen MR) is 104 cm³/mol. The van der Waals surface area contributed by atoms with Gasteiger partial charge >= 0.3 is 0 Å². The molecule has 6 nitrogen and oxygen atoms in total. The zero-order valence-electron chi connectivity index (χ0n) is 15.3. The van der Waals surface area contributed by atoms with Gasteiger partial charge in [-0.15, -0.1) is 0 Å². The Morgan fingerprint density at radius 3 is 2.38 bits per heavy atom. The largest absolute Gasteiger partial charge is 0.336 e. The van der Waals surface area contributed by atoms with Gasteiger partial charge in [0.05, 0.1) is 28.0 Å². The van der Waals surface area contributed by atoms with Crippen LogP contribution in [0.15, 0.2) is 18.2 Å². The molecule has 1 heterocycles. The minimum absolute atomic E-state index is 0.0780. The summed E-state index contributed by atoms with van der Waals surface area (Å²) in [4.78, 5) is 25.9. The molecule has 0 aliphatic rings. The summed E-state index contributed by atoms with van der Waals surface area (Å²) in [5.41, 5.74) is 3.39. The van der Waals surface area contributed by atoms with Crippen LogP contribution in [0.25, 0.3) is 0 Å². The summed E-state index contributed by atoms with van der Waals surface area (Å²) < 4.78 is 1.81. The molecule has 0 fully saturated rings. The first-order valence-corrected chi connectivity index (χ1v) is 8.93. The van der Waals surface area contributed by atoms with E-state index in [9.17, 15) is 9.59 Å². The highest BCUT2D eigenvalue weighted by atomic mass is 35.5. The number of nitrogens with one attached hydrogen (secondary N) is 1. The molecule has 2 amide bonds. The maximum atomic E-state index is 12.3. The summed E-state index contributed by atoms with van der Waals surface area (Å²) in [6.07, 6.45) is 0.899. The second-order valence-corrected chi connectivity index (χ2v) is 6.98. The van der Waals surface area contributed by atoms with E-state index in [0.717, 1.165) is 17.0 Å². The van der Waals surface area contributed by atoms with E-state index in [1.54, 1.807) is 29.9 Å². The van der Waals surface area contributed by atoms with E-state index in [0.29, 0.717) is 28.6 Å². The number of rotatable bonds is 6. The van der Waals surface area contributed by atoms with Crippen LogP contribution < -0.4 is 5.32 Å². The molecule has 8 heteroatoms. The minimum Gasteiger partial charge on any atom is -0.336 e. The Bertz CT molecular complexity index is 813. The number of likely N-dealkylation sites (N-methyl/N-ethyl adjacent to an activating group) is 1. The Morgan fingerprint density at radius 2 is 1.85 bits per heavy atom. The average Bonchev–Trinajstić information content (AvgIpc) is 2.81. The molecule has 2 rings (SSSR count). The first-order valence-electron chi connectivity index (χ1n) is 8.17. The Hall–Kier alpha value is -2.05. The number of halogens is 2. The van der Waals surface area contributed by atoms with Crippen molar-refractivity contribution in [1.29, 1.82) is 0 Å². The van der Waals surface area contributed by atoms with Crippen LogP contribution in [0.2, 0.25) is 10.0 Å². The lowest BCUT2D eigenvalue weighted by atomic mass is 10.1. The number of carbonyl (C=O) groups is 2. The van der Waals surface area contributed by atoms with Gasteiger partial charge in [0, 0.05) is 26.2 Å². The van der Waals surface area contributed by atoms with Crippen LogP contribution in [0.1, 0.15) is 23.4 Å². The molecule has 140 valence electrons. The van der Waals surface area contributed by atoms with Crippen molar-refractivity contribution in [2.75, 3.05) is 18.9 Å². The van der Waals surface area contributed by atoms with E-state index < -0.39 is 0 Å². The number of para-hydroxylation sites is 1. The number of hydrogen-bond donors (Lipinski definition) is 1. The molecule has 1 aromatic carbocycles. The van der Waals surface area contributed by atoms with Crippen LogP contribution in [0, 0.1) is 13.8 Å². The lowest BCUT2D eigenvalue weighted by Gasteiger charge is -2.17. The minimum atomic E-state index is -0.357. The van der Waals surface area contributed by atoms with Gasteiger partial charge < -0.3 is 10.2 Å². The molecule has 0 aliphatic carbocycles. The van der Waals surface area contributed by atoms with Crippen LogP contribution >= 0.6 is 23.2 Å². The highest BCUT2D eigenvalue weighted by molar-refractivity contribution is 6.39. The third-order valence-electron chi connectivity index (χ3n) is 4.28. The van der Waals surface area contributed by atoms with Crippen molar-refractivity contribution in [3.63, 3.8) is 0 Å². The van der Waals surface area contributed by atoms with Crippen molar-refractivity contribution < 1.29 is 9.59 Å². The van der Waals surface area contributed by atoms with E-state index in [4.69, 9.17) is 23.2 Å². The van der Waals surface area contributed by atoms with Gasteiger partial charge in [-0.3, -0.25) is 14.3 Å². The molecule has 0 radical (unpaired) electrons. The van der Waals surface area contributed by atoms with E-state index >= 15 is 0 Å². The fraction of sp³-hybridized carbons (Fsp3) is 0.389. The van der Waals surface area contributed by atoms with Crippen LogP contribution in [0.3, 0.4) is 0 Å². The van der Waals surface area contributed by atoms with Gasteiger partial charge in [0.2, 0.25) is 11.8 Å². The van der Waals surface area contributed by atoms with Crippen LogP contribution in [0.4, 0.5) is 5.69 Å². The molecule has 1 aromatic heterocycles. The maximum absolute atomic E-state index is 12.3. The van der Waals surface area contributed by atoms with Gasteiger partial charge in [0.15, 0.2) is 0 Å². The second kappa shape index (κ2) is 8.56. The van der Waals surface area contributed by atoms with E-state index in [2.05, 4.69) is 10.4 Å². The molecule has 0 saturated carbocycles. The normalized spacial score (nSPS) is 10.7. The first-order chi connectivity index (χ1) is 12.2. The van der Waals surface area contributed by atoms with E-state index in [1.165, 1.54) is 4.90 Å². The van der Waals surface area contributed by atoms with E-state index in [-0.39, 0.29) is 18.4 Å². The topological polar surface area (TPSA) is 67.2 Å². The highest BCUT2D eigenvalue weighted by Crippen LogP contribution is 2.29. The Balaban J connectivity index is 1.91. The van der Waals surface area contributed by atoms with Crippen molar-refractivity contribution >= 4 is 40.7 Å². The lowest BCUT2D eigenvalue weighted by molar-refractivity contribution is -0.133. The first kappa shape index (κ1) is 20.3. The van der Waals surface area contributed by atoms with Gasteiger partial charge in [-0.05, 0) is 38.0 Å². The summed E-state index contributed by atoms with van der Waals surface area (Å²) in [5.74, 6) is -0.474. The maximum Gasteiger partial charge on any atom is 0.244 e. The zero-order chi connectivity index (χ0) is 19.4. The highest BCUT2D eigenvalue weighted by Gasteiger charge is 2.17. The molecule has 0 saturated heterocycles. The average molecular weight is 397 g/mol. The summed E-state index contributed by atoms with van der Waals surface area (Å²) in [5, 5.41) is 7.70. The Kier molecular flexibility index (Phi) is 6.67. The summed E-state index contributed by atoms with van der Waals surface area (Å²) in [6, 6.07) is 4.96. The van der Waals surface area contributed by atoms with Crippen LogP contribution in [-0.4, -0.2) is 40.1 Å². The van der Waals surface area contributed by atoms with Crippen molar-refractivity contribution in [3.05, 3.63) is 45.2 Å². The SMILES string of the molecule is Cc1nn(C)c(C)c1CCC(=O)N(C)CC(=O)Nc1c(Cl)cccc1Cl. The van der Waals surface area contributed by atoms with Crippen LogP contribution in [-0.2, 0) is 23.1 Å². The molecule has 0 bridgehead atoms. The molecule has 0 atom stereocenters. The van der Waals surface area contributed by atoms with Crippen molar-refractivity contribution in [2.45, 2.75) is 26.7 Å². The number of carbonyl (C=O) groups excluding carboxylic acids is 2. The van der Waals surface area contributed by atoms with Gasteiger partial charge in [-0.25, -0.2) is 0 Å². The summed E-state index contributed by atoms with van der Waals surface area (Å²) in [6.45, 7) is 3.83. The smallest absolute Gasteiger partial charge is 0.244 e. The number of hydrogen-bond acceptors (Lipinski definition) is 3. The Labute approximate surface area is 163 Å². The molecular formula is C18H22Cl2N4O2. The zero-order valence-corrected chi connectivity index (χ0v) is 16.8. The Morgan fingerprint density at radius 1 is 1.23 bits per heavy atom. The summed E-state index contributed by atoms with van der Waals surface area (Å²) >= 11 is 12.1. The van der Waals surface area contributed by atoms with Crippen molar-refractivity contribution in [1.82, 2.24) is 14.7 Å². The third kappa shape index (κ3) is 4.77. The molecule has 0 spiro atoms. The van der Waals surface area contributed by atoms with Gasteiger partial charge in [0.1, 0.15) is 0 Å². The summed E-state index contributed by atoms with van der Waals surface area (Å²) in [7, 11) is 3.48. The number of anilines is 1. The third-order valence-corrected chi connectivity index (χ3v) is 4.91. The van der Waals surface area contributed by atoms with Crippen molar-refractivity contribution in [2.24, 2.45) is 7.05 Å². The van der Waals surface area contributed by atoms with Crippen molar-refractivity contribution in [3.8, 4) is 0 Å². The molecule has 1 N–H and O–H groups in total. The fourth-order valence-corrected chi connectivity index (χ4v) is 3.19. The number of benzene rings is 1. The predicted octanol–water partition coefficient (Wildman–Crippen LogP) is 3.37. The number of amides is 2. The number of aromatic nitrogens is 2. The standard InChI is InChI=1S/C18H22Cl2N4O2/c1-11-13(12(2)24(4)22-11)8-9-17(26)23(3)10-16(25)21-18-14(19)6-5-7-15(18)20/h5-7H,8-10H2,1-4H3,(H,21,25). The monoisotopic (exact) mass is 396 g/mol. The molecule has 0 aliphatic heterocycles. The molecule has 0 unspecified atom stereocenters. The van der Waals surface area contributed by atoms with Gasteiger partial charge in [-0.1, -0.05) is 29.3 Å². The van der Waals surface area contributed by atoms with Gasteiger partial charge in [-0.2, -0.15) is 5.10 Å². The van der Waals surface area contributed by atoms with Gasteiger partial charge in [0.25, 0.3) is 0 Å². The fourth-order valence-electron chi connectivity index (χ4n) is 2.70. The lowest BCUT2D eigenvalue weighted by Crippen LogP contribution is -2.35. The number of aryl methyl sites for hydroxylation is 2. The molecular weight excluding hydrogens is 375 g/mol. The molecule has 2 aromatic rings. The quantitative estimate of drug-likeness (QED) is 0.813. The molecule has 26 heavy (non-hydrogen) atoms. The van der Waals surface area contributed by atoms with Crippen LogP contribution in [0.5, 0.6) is 0 Å².